The highest BCUT2D eigenvalue weighted by atomic mass is 32.2. The van der Waals surface area contributed by atoms with Crippen LogP contribution in [0, 0.1) is 6.92 Å². The van der Waals surface area contributed by atoms with Crippen LogP contribution < -0.4 is 14.4 Å². The lowest BCUT2D eigenvalue weighted by molar-refractivity contribution is -0.139. The van der Waals surface area contributed by atoms with Gasteiger partial charge in [-0.05, 0) is 81.1 Å². The molecule has 0 radical (unpaired) electrons. The predicted molar refractivity (Wildman–Crippen MR) is 156 cm³/mol. The number of anilines is 1. The maximum absolute atomic E-state index is 13.9. The van der Waals surface area contributed by atoms with Gasteiger partial charge in [-0.2, -0.15) is 0 Å². The molecule has 0 heterocycles. The zero-order chi connectivity index (χ0) is 28.6. The highest BCUT2D eigenvalue weighted by Crippen LogP contribution is 2.27. The molecule has 0 aliphatic rings. The van der Waals surface area contributed by atoms with E-state index in [1.165, 1.54) is 28.8 Å². The van der Waals surface area contributed by atoms with Crippen LogP contribution in [0.15, 0.2) is 82.6 Å². The van der Waals surface area contributed by atoms with Gasteiger partial charge in [0.2, 0.25) is 11.8 Å². The molecule has 3 rings (SSSR count). The Labute approximate surface area is 235 Å². The number of nitrogens with zero attached hydrogens (tertiary/aromatic N) is 2. The monoisotopic (exact) mass is 569 g/mol. The smallest absolute Gasteiger partial charge is 0.264 e. The Morgan fingerprint density at radius 3 is 2.28 bits per heavy atom. The molecule has 8 nitrogen and oxygen atoms in total. The van der Waals surface area contributed by atoms with E-state index in [-0.39, 0.29) is 17.3 Å². The number of amides is 2. The molecular weight excluding hydrogens is 534 g/mol. The Kier molecular flexibility index (Phi) is 10.4. The topological polar surface area (TPSA) is 96.0 Å². The summed E-state index contributed by atoms with van der Waals surface area (Å²) in [5.41, 5.74) is 2.06. The number of sulfonamides is 1. The first-order valence-corrected chi connectivity index (χ1v) is 15.2. The van der Waals surface area contributed by atoms with Gasteiger partial charge in [0, 0.05) is 18.0 Å². The minimum atomic E-state index is -4.10. The summed E-state index contributed by atoms with van der Waals surface area (Å²) in [5, 5.41) is 2.76. The van der Waals surface area contributed by atoms with Crippen molar-refractivity contribution in [3.05, 3.63) is 83.9 Å². The molecule has 1 atom stereocenters. The summed E-state index contributed by atoms with van der Waals surface area (Å²) in [5.74, 6) is -0.226. The fourth-order valence-corrected chi connectivity index (χ4v) is 5.81. The first-order chi connectivity index (χ1) is 18.6. The zero-order valence-electron chi connectivity index (χ0n) is 22.9. The molecule has 208 valence electrons. The van der Waals surface area contributed by atoms with Gasteiger partial charge in [-0.15, -0.1) is 11.8 Å². The van der Waals surface area contributed by atoms with E-state index in [2.05, 4.69) is 5.32 Å². The van der Waals surface area contributed by atoms with Gasteiger partial charge in [-0.1, -0.05) is 29.8 Å². The SMILES string of the molecule is CCNC(=O)[C@@H](C)N(Cc1cccc(OC)c1)C(=O)CN(c1ccc(C)cc1)S(=O)(=O)c1ccc(SC)cc1. The van der Waals surface area contributed by atoms with Gasteiger partial charge in [0.25, 0.3) is 10.0 Å². The van der Waals surface area contributed by atoms with E-state index in [1.807, 2.05) is 19.2 Å². The van der Waals surface area contributed by atoms with Crippen LogP contribution in [0.5, 0.6) is 5.75 Å². The molecular formula is C29H35N3O5S2. The van der Waals surface area contributed by atoms with Crippen LogP contribution in [0.25, 0.3) is 0 Å². The Bertz CT molecular complexity index is 1380. The number of aryl methyl sites for hydroxylation is 1. The number of carbonyl (C=O) groups is 2. The molecule has 0 saturated carbocycles. The number of rotatable bonds is 12. The number of methoxy groups -OCH3 is 1. The van der Waals surface area contributed by atoms with Crippen molar-refractivity contribution in [1.29, 1.82) is 0 Å². The van der Waals surface area contributed by atoms with E-state index in [4.69, 9.17) is 4.74 Å². The number of carbonyl (C=O) groups excluding carboxylic acids is 2. The second-order valence-corrected chi connectivity index (χ2v) is 11.7. The van der Waals surface area contributed by atoms with Crippen LogP contribution in [-0.2, 0) is 26.2 Å². The van der Waals surface area contributed by atoms with Crippen LogP contribution in [0.2, 0.25) is 0 Å². The molecule has 1 N–H and O–H groups in total. The summed E-state index contributed by atoms with van der Waals surface area (Å²) >= 11 is 1.51. The second kappa shape index (κ2) is 13.5. The van der Waals surface area contributed by atoms with E-state index in [0.717, 1.165) is 20.3 Å². The van der Waals surface area contributed by atoms with Crippen LogP contribution in [0.1, 0.15) is 25.0 Å². The Balaban J connectivity index is 2.02. The quantitative estimate of drug-likeness (QED) is 0.323. The molecule has 0 saturated heterocycles. The summed E-state index contributed by atoms with van der Waals surface area (Å²) < 4.78 is 34.2. The molecule has 0 aliphatic heterocycles. The van der Waals surface area contributed by atoms with Crippen LogP contribution in [0.4, 0.5) is 5.69 Å². The van der Waals surface area contributed by atoms with Crippen molar-refractivity contribution in [3.63, 3.8) is 0 Å². The standard InChI is InChI=1S/C29H35N3O5S2/c1-6-30-29(34)22(3)31(19-23-8-7-9-25(18-23)37-4)28(33)20-32(24-12-10-21(2)11-13-24)39(35,36)27-16-14-26(38-5)15-17-27/h7-18,22H,6,19-20H2,1-5H3,(H,30,34)/t22-/m1/s1. The Hall–Kier alpha value is -3.50. The van der Waals surface area contributed by atoms with Gasteiger partial charge >= 0.3 is 0 Å². The summed E-state index contributed by atoms with van der Waals surface area (Å²) in [4.78, 5) is 29.1. The minimum absolute atomic E-state index is 0.0739. The number of thioether (sulfide) groups is 1. The Morgan fingerprint density at radius 1 is 1.03 bits per heavy atom. The molecule has 0 unspecified atom stereocenters. The van der Waals surface area contributed by atoms with Crippen LogP contribution in [0.3, 0.4) is 0 Å². The summed E-state index contributed by atoms with van der Waals surface area (Å²) in [6.07, 6.45) is 1.91. The first kappa shape index (κ1) is 30.0. The molecule has 3 aromatic carbocycles. The van der Waals surface area contributed by atoms with Crippen molar-refractivity contribution in [1.82, 2.24) is 10.2 Å². The van der Waals surface area contributed by atoms with Gasteiger partial charge in [0.05, 0.1) is 17.7 Å². The van der Waals surface area contributed by atoms with E-state index in [0.29, 0.717) is 18.0 Å². The van der Waals surface area contributed by atoms with Gasteiger partial charge in [-0.25, -0.2) is 8.42 Å². The third kappa shape index (κ3) is 7.54. The number of nitrogens with one attached hydrogen (secondary N) is 1. The van der Waals surface area contributed by atoms with E-state index >= 15 is 0 Å². The predicted octanol–water partition coefficient (Wildman–Crippen LogP) is 4.47. The molecule has 39 heavy (non-hydrogen) atoms. The number of ether oxygens (including phenoxy) is 1. The van der Waals surface area contributed by atoms with Crippen molar-refractivity contribution in [2.45, 2.75) is 43.1 Å². The molecule has 0 fully saturated rings. The maximum atomic E-state index is 13.9. The molecule has 0 aromatic heterocycles. The zero-order valence-corrected chi connectivity index (χ0v) is 24.5. The summed E-state index contributed by atoms with van der Waals surface area (Å²) in [6, 6.07) is 19.9. The van der Waals surface area contributed by atoms with Crippen LogP contribution in [-0.4, -0.2) is 57.6 Å². The number of benzene rings is 3. The molecule has 0 bridgehead atoms. The molecule has 10 heteroatoms. The van der Waals surface area contributed by atoms with Gasteiger partial charge in [0.1, 0.15) is 18.3 Å². The highest BCUT2D eigenvalue weighted by Gasteiger charge is 2.32. The number of hydrogen-bond acceptors (Lipinski definition) is 6. The molecule has 0 spiro atoms. The van der Waals surface area contributed by atoms with E-state index < -0.39 is 28.5 Å². The van der Waals surface area contributed by atoms with Gasteiger partial charge in [0.15, 0.2) is 0 Å². The maximum Gasteiger partial charge on any atom is 0.264 e. The third-order valence-corrected chi connectivity index (χ3v) is 8.79. The average molecular weight is 570 g/mol. The molecule has 2 amide bonds. The second-order valence-electron chi connectivity index (χ2n) is 8.97. The normalized spacial score (nSPS) is 11.9. The van der Waals surface area contributed by atoms with Crippen molar-refractivity contribution >= 4 is 39.3 Å². The van der Waals surface area contributed by atoms with Crippen molar-refractivity contribution < 1.29 is 22.7 Å². The van der Waals surface area contributed by atoms with Gasteiger partial charge in [-0.3, -0.25) is 13.9 Å². The first-order valence-electron chi connectivity index (χ1n) is 12.5. The molecule has 0 aliphatic carbocycles. The lowest BCUT2D eigenvalue weighted by atomic mass is 10.1. The number of hydrogen-bond donors (Lipinski definition) is 1. The van der Waals surface area contributed by atoms with Crippen molar-refractivity contribution in [3.8, 4) is 5.75 Å². The van der Waals surface area contributed by atoms with Gasteiger partial charge < -0.3 is 15.0 Å². The minimum Gasteiger partial charge on any atom is -0.497 e. The Morgan fingerprint density at radius 2 is 1.69 bits per heavy atom. The lowest BCUT2D eigenvalue weighted by Gasteiger charge is -2.32. The van der Waals surface area contributed by atoms with Crippen LogP contribution >= 0.6 is 11.8 Å². The average Bonchev–Trinajstić information content (AvgIpc) is 2.94. The third-order valence-electron chi connectivity index (χ3n) is 6.25. The van der Waals surface area contributed by atoms with E-state index in [9.17, 15) is 18.0 Å². The summed E-state index contributed by atoms with van der Waals surface area (Å²) in [7, 11) is -2.55. The van der Waals surface area contributed by atoms with Crippen molar-refractivity contribution in [2.24, 2.45) is 0 Å². The van der Waals surface area contributed by atoms with E-state index in [1.54, 1.807) is 75.6 Å². The lowest BCUT2D eigenvalue weighted by Crippen LogP contribution is -2.51. The van der Waals surface area contributed by atoms with Crippen molar-refractivity contribution in [2.75, 3.05) is 30.8 Å². The highest BCUT2D eigenvalue weighted by molar-refractivity contribution is 7.98. The summed E-state index contributed by atoms with van der Waals surface area (Å²) in [6.45, 7) is 5.35. The largest absolute Gasteiger partial charge is 0.497 e. The fourth-order valence-electron chi connectivity index (χ4n) is 3.99. The fraction of sp³-hybridized carbons (Fsp3) is 0.310. The number of likely N-dealkylation sites (N-methyl/N-ethyl adjacent to an activating group) is 1. The molecule has 3 aromatic rings.